The monoisotopic (exact) mass is 315 g/mol. The number of amides is 1. The number of benzene rings is 1. The van der Waals surface area contributed by atoms with Gasteiger partial charge in [0, 0.05) is 13.0 Å². The van der Waals surface area contributed by atoms with Crippen molar-refractivity contribution in [2.24, 2.45) is 0 Å². The Morgan fingerprint density at radius 2 is 1.91 bits per heavy atom. The van der Waals surface area contributed by atoms with Crippen molar-refractivity contribution in [3.05, 3.63) is 52.6 Å². The molecule has 2 rings (SSSR count). The Morgan fingerprint density at radius 3 is 2.48 bits per heavy atom. The predicted molar refractivity (Wildman–Crippen MR) is 90.1 cm³/mol. The molecule has 0 unspecified atom stereocenters. The van der Waals surface area contributed by atoms with Crippen LogP contribution in [0, 0.1) is 20.8 Å². The lowest BCUT2D eigenvalue weighted by Crippen LogP contribution is -2.33. The third-order valence-corrected chi connectivity index (χ3v) is 3.75. The lowest BCUT2D eigenvalue weighted by atomic mass is 10.0. The van der Waals surface area contributed by atoms with E-state index < -0.39 is 0 Å². The smallest absolute Gasteiger partial charge is 0.223 e. The van der Waals surface area contributed by atoms with Crippen LogP contribution in [0.1, 0.15) is 34.6 Å². The number of hydrogen-bond donors (Lipinski definition) is 2. The lowest BCUT2D eigenvalue weighted by Gasteiger charge is -2.21. The van der Waals surface area contributed by atoms with Crippen molar-refractivity contribution in [2.75, 3.05) is 13.2 Å². The minimum atomic E-state index is -0.0393. The number of nitrogens with one attached hydrogen (secondary N) is 1. The highest BCUT2D eigenvalue weighted by molar-refractivity contribution is 5.76. The number of aryl methyl sites for hydroxylation is 4. The van der Waals surface area contributed by atoms with Crippen LogP contribution in [-0.4, -0.2) is 39.0 Å². The Hall–Kier alpha value is -2.14. The molecule has 0 saturated heterocycles. The molecule has 23 heavy (non-hydrogen) atoms. The molecule has 1 heterocycles. The molecule has 0 aliphatic rings. The van der Waals surface area contributed by atoms with Gasteiger partial charge in [-0.1, -0.05) is 29.3 Å². The molecule has 1 aromatic heterocycles. The van der Waals surface area contributed by atoms with Crippen LogP contribution < -0.4 is 0 Å². The van der Waals surface area contributed by atoms with Gasteiger partial charge in [-0.3, -0.25) is 4.79 Å². The highest BCUT2D eigenvalue weighted by Crippen LogP contribution is 2.12. The van der Waals surface area contributed by atoms with Crippen LogP contribution in [0.25, 0.3) is 0 Å². The maximum absolute atomic E-state index is 12.5. The average molecular weight is 315 g/mol. The van der Waals surface area contributed by atoms with Gasteiger partial charge < -0.3 is 15.0 Å². The molecule has 0 aliphatic heterocycles. The summed E-state index contributed by atoms with van der Waals surface area (Å²) in [5.74, 6) is 0.872. The van der Waals surface area contributed by atoms with Crippen molar-refractivity contribution in [2.45, 2.75) is 40.2 Å². The summed E-state index contributed by atoms with van der Waals surface area (Å²) in [7, 11) is 0. The molecular weight excluding hydrogens is 290 g/mol. The molecule has 0 atom stereocenters. The molecule has 1 amide bonds. The second-order valence-corrected chi connectivity index (χ2v) is 6.03. The first-order valence-electron chi connectivity index (χ1n) is 7.94. The standard InChI is InChI=1S/C18H25N3O2/c1-13-8-14(2)10-16(9-13)4-5-18(23)21(6-7-22)12-17-11-19-15(3)20-17/h8-11,22H,4-7,12H2,1-3H3,(H,19,20). The van der Waals surface area contributed by atoms with Gasteiger partial charge in [0.05, 0.1) is 25.0 Å². The molecule has 0 radical (unpaired) electrons. The zero-order valence-corrected chi connectivity index (χ0v) is 14.1. The number of aliphatic hydroxyl groups excluding tert-OH is 1. The topological polar surface area (TPSA) is 69.2 Å². The molecule has 0 aliphatic carbocycles. The molecule has 0 fully saturated rings. The van der Waals surface area contributed by atoms with Gasteiger partial charge in [-0.25, -0.2) is 4.98 Å². The SMILES string of the molecule is Cc1cc(C)cc(CCC(=O)N(CCO)Cc2cnc(C)[nH]2)c1. The summed E-state index contributed by atoms with van der Waals surface area (Å²) < 4.78 is 0. The number of H-pyrrole nitrogens is 1. The van der Waals surface area contributed by atoms with Crippen LogP contribution in [0.2, 0.25) is 0 Å². The van der Waals surface area contributed by atoms with Crippen molar-refractivity contribution in [1.29, 1.82) is 0 Å². The molecule has 2 aromatic rings. The van der Waals surface area contributed by atoms with Gasteiger partial charge in [0.25, 0.3) is 0 Å². The van der Waals surface area contributed by atoms with E-state index in [2.05, 4.69) is 42.0 Å². The molecule has 0 bridgehead atoms. The van der Waals surface area contributed by atoms with E-state index in [9.17, 15) is 9.90 Å². The number of rotatable bonds is 7. The van der Waals surface area contributed by atoms with E-state index in [0.29, 0.717) is 25.9 Å². The molecule has 5 nitrogen and oxygen atoms in total. The number of aromatic amines is 1. The number of aromatic nitrogens is 2. The van der Waals surface area contributed by atoms with Gasteiger partial charge in [-0.2, -0.15) is 0 Å². The van der Waals surface area contributed by atoms with E-state index in [0.717, 1.165) is 11.5 Å². The fraction of sp³-hybridized carbons (Fsp3) is 0.444. The second kappa shape index (κ2) is 7.92. The van der Waals surface area contributed by atoms with Crippen molar-refractivity contribution in [3.8, 4) is 0 Å². The Balaban J connectivity index is 1.97. The zero-order chi connectivity index (χ0) is 16.8. The van der Waals surface area contributed by atoms with Crippen LogP contribution in [0.3, 0.4) is 0 Å². The summed E-state index contributed by atoms with van der Waals surface area (Å²) in [6, 6.07) is 6.37. The molecule has 0 saturated carbocycles. The Morgan fingerprint density at radius 1 is 1.22 bits per heavy atom. The van der Waals surface area contributed by atoms with Gasteiger partial charge in [-0.05, 0) is 32.8 Å². The second-order valence-electron chi connectivity index (χ2n) is 6.03. The maximum Gasteiger partial charge on any atom is 0.223 e. The highest BCUT2D eigenvalue weighted by Gasteiger charge is 2.14. The van der Waals surface area contributed by atoms with Crippen molar-refractivity contribution in [1.82, 2.24) is 14.9 Å². The maximum atomic E-state index is 12.5. The highest BCUT2D eigenvalue weighted by atomic mass is 16.3. The Labute approximate surface area is 137 Å². The summed E-state index contributed by atoms with van der Waals surface area (Å²) in [6.07, 6.45) is 2.89. The first kappa shape index (κ1) is 17.2. The minimum Gasteiger partial charge on any atom is -0.395 e. The van der Waals surface area contributed by atoms with Gasteiger partial charge >= 0.3 is 0 Å². The summed E-state index contributed by atoms with van der Waals surface area (Å²) in [6.45, 7) is 6.76. The van der Waals surface area contributed by atoms with Gasteiger partial charge in [0.2, 0.25) is 5.91 Å². The van der Waals surface area contributed by atoms with Crippen LogP contribution in [-0.2, 0) is 17.8 Å². The molecule has 0 spiro atoms. The normalized spacial score (nSPS) is 10.8. The summed E-state index contributed by atoms with van der Waals surface area (Å²) in [5.41, 5.74) is 4.49. The Kier molecular flexibility index (Phi) is 5.93. The van der Waals surface area contributed by atoms with Crippen LogP contribution >= 0.6 is 0 Å². The Bertz CT molecular complexity index is 644. The van der Waals surface area contributed by atoms with E-state index in [-0.39, 0.29) is 12.5 Å². The van der Waals surface area contributed by atoms with E-state index in [1.807, 2.05) is 6.92 Å². The first-order valence-corrected chi connectivity index (χ1v) is 7.94. The quantitative estimate of drug-likeness (QED) is 0.823. The van der Waals surface area contributed by atoms with Gasteiger partial charge in [0.1, 0.15) is 5.82 Å². The summed E-state index contributed by atoms with van der Waals surface area (Å²) in [5, 5.41) is 9.21. The van der Waals surface area contributed by atoms with Crippen molar-refractivity contribution >= 4 is 5.91 Å². The predicted octanol–water partition coefficient (Wildman–Crippen LogP) is 2.29. The first-order chi connectivity index (χ1) is 11.0. The van der Waals surface area contributed by atoms with Crippen LogP contribution in [0.15, 0.2) is 24.4 Å². The summed E-state index contributed by atoms with van der Waals surface area (Å²) in [4.78, 5) is 21.4. The van der Waals surface area contributed by atoms with Crippen molar-refractivity contribution < 1.29 is 9.90 Å². The number of imidazole rings is 1. The van der Waals surface area contributed by atoms with E-state index in [1.54, 1.807) is 11.1 Å². The number of aliphatic hydroxyl groups is 1. The molecule has 1 aromatic carbocycles. The number of carbonyl (C=O) groups is 1. The average Bonchev–Trinajstić information content (AvgIpc) is 2.88. The number of hydrogen-bond acceptors (Lipinski definition) is 3. The van der Waals surface area contributed by atoms with E-state index in [4.69, 9.17) is 0 Å². The molecular formula is C18H25N3O2. The van der Waals surface area contributed by atoms with Crippen LogP contribution in [0.4, 0.5) is 0 Å². The lowest BCUT2D eigenvalue weighted by molar-refractivity contribution is -0.132. The molecule has 5 heteroatoms. The summed E-state index contributed by atoms with van der Waals surface area (Å²) >= 11 is 0. The molecule has 124 valence electrons. The number of carbonyl (C=O) groups excluding carboxylic acids is 1. The fourth-order valence-electron chi connectivity index (χ4n) is 2.79. The van der Waals surface area contributed by atoms with E-state index in [1.165, 1.54) is 16.7 Å². The zero-order valence-electron chi connectivity index (χ0n) is 14.1. The van der Waals surface area contributed by atoms with Crippen LogP contribution in [0.5, 0.6) is 0 Å². The van der Waals surface area contributed by atoms with E-state index >= 15 is 0 Å². The van der Waals surface area contributed by atoms with Crippen molar-refractivity contribution in [3.63, 3.8) is 0 Å². The third kappa shape index (κ3) is 5.21. The van der Waals surface area contributed by atoms with Gasteiger partial charge in [-0.15, -0.1) is 0 Å². The minimum absolute atomic E-state index is 0.0393. The third-order valence-electron chi connectivity index (χ3n) is 3.75. The fourth-order valence-corrected chi connectivity index (χ4v) is 2.79. The number of nitrogens with zero attached hydrogens (tertiary/aromatic N) is 2. The largest absolute Gasteiger partial charge is 0.395 e. The molecule has 2 N–H and O–H groups in total. The van der Waals surface area contributed by atoms with Gasteiger partial charge in [0.15, 0.2) is 0 Å².